The van der Waals surface area contributed by atoms with Crippen LogP contribution in [0.3, 0.4) is 0 Å². The summed E-state index contributed by atoms with van der Waals surface area (Å²) in [6.07, 6.45) is -0.119. The Labute approximate surface area is 106 Å². The second-order valence-electron chi connectivity index (χ2n) is 3.68. The predicted octanol–water partition coefficient (Wildman–Crippen LogP) is 3.50. The number of alkyl halides is 1. The van der Waals surface area contributed by atoms with Gasteiger partial charge in [-0.1, -0.05) is 12.1 Å². The van der Waals surface area contributed by atoms with E-state index in [4.69, 9.17) is 9.05 Å². The lowest BCUT2D eigenvalue weighted by Crippen LogP contribution is -2.11. The molecule has 0 fully saturated rings. The van der Waals surface area contributed by atoms with Gasteiger partial charge in [0.2, 0.25) is 5.91 Å². The molecule has 4 nitrogen and oxygen atoms in total. The molecule has 0 heterocycles. The number of halogens is 1. The van der Waals surface area contributed by atoms with Gasteiger partial charge in [0.15, 0.2) is 0 Å². The minimum Gasteiger partial charge on any atom is -0.508 e. The molecule has 0 aliphatic heterocycles. The number of rotatable bonds is 7. The van der Waals surface area contributed by atoms with Gasteiger partial charge in [-0.3, -0.25) is 4.57 Å². The van der Waals surface area contributed by atoms with Crippen LogP contribution < -0.4 is 0 Å². The smallest absolute Gasteiger partial charge is 0.364 e. The third kappa shape index (κ3) is 4.09. The highest BCUT2D eigenvalue weighted by Gasteiger charge is 2.35. The molecule has 1 aromatic carbocycles. The van der Waals surface area contributed by atoms with Gasteiger partial charge in [0, 0.05) is 6.42 Å². The monoisotopic (exact) mass is 276 g/mol. The van der Waals surface area contributed by atoms with Gasteiger partial charge in [0.1, 0.15) is 5.75 Å². The van der Waals surface area contributed by atoms with E-state index >= 15 is 0 Å². The summed E-state index contributed by atoms with van der Waals surface area (Å²) >= 11 is 0. The lowest BCUT2D eigenvalue weighted by Gasteiger charge is -2.20. The molecule has 1 rings (SSSR count). The van der Waals surface area contributed by atoms with E-state index in [-0.39, 0.29) is 25.4 Å². The number of benzene rings is 1. The summed E-state index contributed by atoms with van der Waals surface area (Å²) in [5, 5.41) is 9.28. The molecule has 0 aliphatic carbocycles. The molecular weight excluding hydrogens is 258 g/mol. The van der Waals surface area contributed by atoms with Crippen LogP contribution in [0.15, 0.2) is 24.3 Å². The topological polar surface area (TPSA) is 55.8 Å². The average molecular weight is 276 g/mol. The first-order valence-corrected chi connectivity index (χ1v) is 7.43. The minimum atomic E-state index is -3.74. The molecule has 1 aromatic rings. The summed E-state index contributed by atoms with van der Waals surface area (Å²) in [5.74, 6) is -1.69. The maximum Gasteiger partial charge on any atom is 0.364 e. The van der Waals surface area contributed by atoms with Crippen LogP contribution in [0.25, 0.3) is 0 Å². The van der Waals surface area contributed by atoms with Crippen LogP contribution in [0.1, 0.15) is 19.4 Å². The minimum absolute atomic E-state index is 0.0438. The molecule has 0 spiro atoms. The van der Waals surface area contributed by atoms with Crippen molar-refractivity contribution in [2.45, 2.75) is 26.2 Å². The van der Waals surface area contributed by atoms with E-state index in [1.165, 1.54) is 12.1 Å². The SMILES string of the molecule is CCOP(=O)(OCC)C(F)Cc1cccc(O)c1. The summed E-state index contributed by atoms with van der Waals surface area (Å²) < 4.78 is 36.0. The zero-order valence-electron chi connectivity index (χ0n) is 10.5. The van der Waals surface area contributed by atoms with Crippen LogP contribution in [0.2, 0.25) is 0 Å². The number of phenolic OH excluding ortho intramolecular Hbond substituents is 1. The number of phenols is 1. The van der Waals surface area contributed by atoms with Crippen LogP contribution >= 0.6 is 7.60 Å². The summed E-state index contributed by atoms with van der Waals surface area (Å²) in [7, 11) is -3.74. The van der Waals surface area contributed by atoms with Gasteiger partial charge in [0.25, 0.3) is 0 Å². The standard InChI is InChI=1S/C12H18FO4P/c1-3-16-18(15,17-4-2)12(13)9-10-6-5-7-11(14)8-10/h5-8,12,14H,3-4,9H2,1-2H3. The second-order valence-corrected chi connectivity index (χ2v) is 5.84. The van der Waals surface area contributed by atoms with Crippen molar-refractivity contribution in [3.63, 3.8) is 0 Å². The molecule has 0 saturated carbocycles. The number of hydrogen-bond donors (Lipinski definition) is 1. The van der Waals surface area contributed by atoms with Crippen molar-refractivity contribution in [1.82, 2.24) is 0 Å². The fourth-order valence-electron chi connectivity index (χ4n) is 1.55. The van der Waals surface area contributed by atoms with Crippen molar-refractivity contribution < 1.29 is 23.1 Å². The molecule has 0 aliphatic rings. The summed E-state index contributed by atoms with van der Waals surface area (Å²) in [4.78, 5) is 0. The fraction of sp³-hybridized carbons (Fsp3) is 0.500. The van der Waals surface area contributed by atoms with Gasteiger partial charge in [-0.15, -0.1) is 0 Å². The Morgan fingerprint density at radius 2 is 1.94 bits per heavy atom. The molecule has 0 aromatic heterocycles. The Hall–Kier alpha value is -0.900. The van der Waals surface area contributed by atoms with E-state index in [1.54, 1.807) is 26.0 Å². The normalized spacial score (nSPS) is 13.5. The third-order valence-corrected chi connectivity index (χ3v) is 4.38. The first-order valence-electron chi connectivity index (χ1n) is 5.82. The second kappa shape index (κ2) is 6.88. The van der Waals surface area contributed by atoms with Crippen LogP contribution in [-0.2, 0) is 20.0 Å². The Morgan fingerprint density at radius 3 is 2.44 bits per heavy atom. The molecular formula is C12H18FO4P. The number of hydrogen-bond acceptors (Lipinski definition) is 4. The Kier molecular flexibility index (Phi) is 5.79. The molecule has 18 heavy (non-hydrogen) atoms. The zero-order chi connectivity index (χ0) is 13.6. The van der Waals surface area contributed by atoms with Crippen LogP contribution in [0.4, 0.5) is 4.39 Å². The Bertz CT molecular complexity index is 414. The van der Waals surface area contributed by atoms with E-state index in [0.29, 0.717) is 5.56 Å². The van der Waals surface area contributed by atoms with Gasteiger partial charge >= 0.3 is 7.60 Å². The van der Waals surface area contributed by atoms with Gasteiger partial charge in [-0.25, -0.2) is 4.39 Å². The fourth-order valence-corrected chi connectivity index (χ4v) is 3.10. The van der Waals surface area contributed by atoms with Crippen LogP contribution in [0.5, 0.6) is 5.75 Å². The Balaban J connectivity index is 2.78. The molecule has 0 amide bonds. The van der Waals surface area contributed by atoms with E-state index in [9.17, 15) is 14.1 Å². The summed E-state index contributed by atoms with van der Waals surface area (Å²) in [6, 6.07) is 6.16. The molecule has 1 atom stereocenters. The largest absolute Gasteiger partial charge is 0.508 e. The predicted molar refractivity (Wildman–Crippen MR) is 67.6 cm³/mol. The highest BCUT2D eigenvalue weighted by atomic mass is 31.2. The average Bonchev–Trinajstić information content (AvgIpc) is 2.29. The van der Waals surface area contributed by atoms with E-state index in [1.807, 2.05) is 0 Å². The first-order chi connectivity index (χ1) is 8.51. The first kappa shape index (κ1) is 15.2. The van der Waals surface area contributed by atoms with Gasteiger partial charge in [0.05, 0.1) is 13.2 Å². The van der Waals surface area contributed by atoms with E-state index < -0.39 is 13.5 Å². The van der Waals surface area contributed by atoms with Crippen LogP contribution in [-0.4, -0.2) is 24.2 Å². The number of aromatic hydroxyl groups is 1. The maximum absolute atomic E-state index is 14.0. The van der Waals surface area contributed by atoms with Crippen LogP contribution in [0, 0.1) is 0 Å². The maximum atomic E-state index is 14.0. The van der Waals surface area contributed by atoms with Crippen molar-refractivity contribution in [2.75, 3.05) is 13.2 Å². The highest BCUT2D eigenvalue weighted by molar-refractivity contribution is 7.54. The summed E-state index contributed by atoms with van der Waals surface area (Å²) in [6.45, 7) is 3.51. The van der Waals surface area contributed by atoms with Crippen molar-refractivity contribution in [2.24, 2.45) is 0 Å². The van der Waals surface area contributed by atoms with Gasteiger partial charge < -0.3 is 14.2 Å². The van der Waals surface area contributed by atoms with E-state index in [2.05, 4.69) is 0 Å². The van der Waals surface area contributed by atoms with Gasteiger partial charge in [-0.2, -0.15) is 0 Å². The van der Waals surface area contributed by atoms with Crippen molar-refractivity contribution in [3.8, 4) is 5.75 Å². The quantitative estimate of drug-likeness (QED) is 0.774. The van der Waals surface area contributed by atoms with E-state index in [0.717, 1.165) is 0 Å². The molecule has 1 N–H and O–H groups in total. The third-order valence-electron chi connectivity index (χ3n) is 2.28. The van der Waals surface area contributed by atoms with Crippen molar-refractivity contribution >= 4 is 7.60 Å². The molecule has 6 heteroatoms. The lowest BCUT2D eigenvalue weighted by atomic mass is 10.1. The molecule has 1 unspecified atom stereocenters. The Morgan fingerprint density at radius 1 is 1.33 bits per heavy atom. The molecule has 102 valence electrons. The highest BCUT2D eigenvalue weighted by Crippen LogP contribution is 2.54. The molecule has 0 radical (unpaired) electrons. The molecule has 0 saturated heterocycles. The molecule has 0 bridgehead atoms. The van der Waals surface area contributed by atoms with Crippen molar-refractivity contribution in [3.05, 3.63) is 29.8 Å². The lowest BCUT2D eigenvalue weighted by molar-refractivity contribution is 0.189. The zero-order valence-corrected chi connectivity index (χ0v) is 11.4. The van der Waals surface area contributed by atoms with Crippen molar-refractivity contribution in [1.29, 1.82) is 0 Å². The van der Waals surface area contributed by atoms with Gasteiger partial charge in [-0.05, 0) is 31.5 Å². The summed E-state index contributed by atoms with van der Waals surface area (Å²) in [5.41, 5.74) is 0.544.